The Morgan fingerprint density at radius 3 is 2.32 bits per heavy atom. The van der Waals surface area contributed by atoms with Crippen molar-refractivity contribution in [3.8, 4) is 0 Å². The van der Waals surface area contributed by atoms with Crippen LogP contribution >= 0.6 is 0 Å². The molecule has 0 aromatic rings. The number of likely N-dealkylation sites (tertiary alicyclic amines) is 2. The molecule has 1 atom stereocenters. The Labute approximate surface area is 115 Å². The van der Waals surface area contributed by atoms with Crippen molar-refractivity contribution < 1.29 is 13.2 Å². The molecule has 2 heterocycles. The van der Waals surface area contributed by atoms with E-state index in [9.17, 15) is 13.2 Å². The Morgan fingerprint density at radius 1 is 1.16 bits per heavy atom. The van der Waals surface area contributed by atoms with Gasteiger partial charge in [0.15, 0.2) is 0 Å². The molecule has 2 aliphatic heterocycles. The highest BCUT2D eigenvalue weighted by Crippen LogP contribution is 2.21. The number of hydrogen-bond donors (Lipinski definition) is 1. The number of amides is 1. The molecule has 1 unspecified atom stereocenters. The summed E-state index contributed by atoms with van der Waals surface area (Å²) in [6.07, 6.45) is 4.07. The number of nitrogens with one attached hydrogen (secondary N) is 1. The Balaban J connectivity index is 1.81. The predicted octanol–water partition coefficient (Wildman–Crippen LogP) is -0.379. The summed E-state index contributed by atoms with van der Waals surface area (Å²) in [5.74, 6) is 0.150. The maximum atomic E-state index is 11.3. The third kappa shape index (κ3) is 4.15. The molecule has 2 aliphatic rings. The highest BCUT2D eigenvalue weighted by atomic mass is 32.2. The summed E-state index contributed by atoms with van der Waals surface area (Å²) in [4.78, 5) is 15.5. The van der Waals surface area contributed by atoms with Crippen molar-refractivity contribution >= 4 is 15.9 Å². The van der Waals surface area contributed by atoms with Crippen LogP contribution in [-0.2, 0) is 14.8 Å². The standard InChI is InChI=1S/C12H23N3O3S/c1-10(16)14-7-4-12(5-8-14)15-6-3-11(9-15)13-19(2,17)18/h11-13H,3-9H2,1-2H3. The molecule has 6 nitrogen and oxygen atoms in total. The number of carbonyl (C=O) groups is 1. The molecular weight excluding hydrogens is 266 g/mol. The van der Waals surface area contributed by atoms with Gasteiger partial charge < -0.3 is 4.90 Å². The molecule has 2 rings (SSSR count). The molecule has 0 aliphatic carbocycles. The van der Waals surface area contributed by atoms with E-state index in [-0.39, 0.29) is 11.9 Å². The number of hydrogen-bond acceptors (Lipinski definition) is 4. The normalized spacial score (nSPS) is 26.8. The highest BCUT2D eigenvalue weighted by Gasteiger charge is 2.32. The second-order valence-electron chi connectivity index (χ2n) is 5.61. The fourth-order valence-corrected chi connectivity index (χ4v) is 3.86. The summed E-state index contributed by atoms with van der Waals surface area (Å²) in [5, 5.41) is 0. The van der Waals surface area contributed by atoms with Crippen LogP contribution in [0.15, 0.2) is 0 Å². The van der Waals surface area contributed by atoms with Gasteiger partial charge in [0.05, 0.1) is 6.26 Å². The van der Waals surface area contributed by atoms with Crippen LogP contribution in [0.5, 0.6) is 0 Å². The maximum absolute atomic E-state index is 11.3. The molecule has 2 saturated heterocycles. The maximum Gasteiger partial charge on any atom is 0.219 e. The first-order chi connectivity index (χ1) is 8.85. The Hall–Kier alpha value is -0.660. The number of piperidine rings is 1. The fraction of sp³-hybridized carbons (Fsp3) is 0.917. The van der Waals surface area contributed by atoms with Crippen LogP contribution in [0.3, 0.4) is 0 Å². The molecule has 7 heteroatoms. The molecule has 1 N–H and O–H groups in total. The summed E-state index contributed by atoms with van der Waals surface area (Å²) in [6.45, 7) is 4.99. The van der Waals surface area contributed by atoms with E-state index in [0.29, 0.717) is 6.04 Å². The molecule has 0 saturated carbocycles. The molecule has 0 spiro atoms. The molecule has 19 heavy (non-hydrogen) atoms. The average molecular weight is 289 g/mol. The van der Waals surface area contributed by atoms with Crippen LogP contribution in [0.2, 0.25) is 0 Å². The summed E-state index contributed by atoms with van der Waals surface area (Å²) < 4.78 is 25.1. The van der Waals surface area contributed by atoms with Gasteiger partial charge in [0.25, 0.3) is 0 Å². The van der Waals surface area contributed by atoms with Crippen molar-refractivity contribution in [2.45, 2.75) is 38.3 Å². The van der Waals surface area contributed by atoms with Crippen LogP contribution < -0.4 is 4.72 Å². The number of carbonyl (C=O) groups excluding carboxylic acids is 1. The molecule has 110 valence electrons. The lowest BCUT2D eigenvalue weighted by molar-refractivity contribution is -0.130. The van der Waals surface area contributed by atoms with E-state index in [0.717, 1.165) is 45.4 Å². The van der Waals surface area contributed by atoms with E-state index in [1.165, 1.54) is 6.26 Å². The zero-order valence-corrected chi connectivity index (χ0v) is 12.4. The molecule has 0 radical (unpaired) electrons. The van der Waals surface area contributed by atoms with E-state index >= 15 is 0 Å². The summed E-state index contributed by atoms with van der Waals surface area (Å²) in [7, 11) is -3.11. The van der Waals surface area contributed by atoms with Gasteiger partial charge in [-0.05, 0) is 19.3 Å². The van der Waals surface area contributed by atoms with E-state index in [2.05, 4.69) is 9.62 Å². The lowest BCUT2D eigenvalue weighted by Crippen LogP contribution is -2.46. The number of nitrogens with zero attached hydrogens (tertiary/aromatic N) is 2. The topological polar surface area (TPSA) is 69.7 Å². The minimum Gasteiger partial charge on any atom is -0.343 e. The van der Waals surface area contributed by atoms with Crippen LogP contribution in [0.1, 0.15) is 26.2 Å². The summed E-state index contributed by atoms with van der Waals surface area (Å²) in [6, 6.07) is 0.530. The van der Waals surface area contributed by atoms with Gasteiger partial charge in [-0.2, -0.15) is 0 Å². The van der Waals surface area contributed by atoms with Gasteiger partial charge >= 0.3 is 0 Å². The van der Waals surface area contributed by atoms with Crippen LogP contribution in [0.25, 0.3) is 0 Å². The van der Waals surface area contributed by atoms with E-state index in [1.807, 2.05) is 4.90 Å². The first kappa shape index (κ1) is 14.7. The van der Waals surface area contributed by atoms with Gasteiger partial charge in [-0.25, -0.2) is 13.1 Å². The summed E-state index contributed by atoms with van der Waals surface area (Å²) >= 11 is 0. The quantitative estimate of drug-likeness (QED) is 0.769. The van der Waals surface area contributed by atoms with Crippen molar-refractivity contribution in [1.29, 1.82) is 0 Å². The molecule has 1 amide bonds. The molecule has 2 fully saturated rings. The summed E-state index contributed by atoms with van der Waals surface area (Å²) in [5.41, 5.74) is 0. The van der Waals surface area contributed by atoms with Crippen LogP contribution in [0, 0.1) is 0 Å². The minimum absolute atomic E-state index is 0.0424. The number of sulfonamides is 1. The second kappa shape index (κ2) is 5.76. The van der Waals surface area contributed by atoms with Crippen molar-refractivity contribution in [2.24, 2.45) is 0 Å². The zero-order valence-electron chi connectivity index (χ0n) is 11.6. The van der Waals surface area contributed by atoms with Gasteiger partial charge in [-0.3, -0.25) is 9.69 Å². The lowest BCUT2D eigenvalue weighted by atomic mass is 10.0. The third-order valence-electron chi connectivity index (χ3n) is 4.03. The van der Waals surface area contributed by atoms with Crippen LogP contribution in [0.4, 0.5) is 0 Å². The second-order valence-corrected chi connectivity index (χ2v) is 7.39. The molecule has 0 aromatic heterocycles. The molecule has 0 aromatic carbocycles. The van der Waals surface area contributed by atoms with Crippen LogP contribution in [-0.4, -0.2) is 68.6 Å². The number of rotatable bonds is 3. The predicted molar refractivity (Wildman–Crippen MR) is 73.2 cm³/mol. The van der Waals surface area contributed by atoms with Gasteiger partial charge in [0.1, 0.15) is 0 Å². The van der Waals surface area contributed by atoms with Crippen molar-refractivity contribution in [1.82, 2.24) is 14.5 Å². The highest BCUT2D eigenvalue weighted by molar-refractivity contribution is 7.88. The molecular formula is C12H23N3O3S. The van der Waals surface area contributed by atoms with Gasteiger partial charge in [0, 0.05) is 45.2 Å². The first-order valence-electron chi connectivity index (χ1n) is 6.82. The Kier molecular flexibility index (Phi) is 4.47. The Morgan fingerprint density at radius 2 is 1.79 bits per heavy atom. The zero-order chi connectivity index (χ0) is 14.0. The largest absolute Gasteiger partial charge is 0.343 e. The SMILES string of the molecule is CC(=O)N1CCC(N2CCC(NS(C)(=O)=O)C2)CC1. The van der Waals surface area contributed by atoms with E-state index in [4.69, 9.17) is 0 Å². The van der Waals surface area contributed by atoms with Gasteiger partial charge in [-0.15, -0.1) is 0 Å². The van der Waals surface area contributed by atoms with Crippen molar-refractivity contribution in [2.75, 3.05) is 32.4 Å². The molecule has 0 bridgehead atoms. The smallest absolute Gasteiger partial charge is 0.219 e. The van der Waals surface area contributed by atoms with Crippen molar-refractivity contribution in [3.05, 3.63) is 0 Å². The van der Waals surface area contributed by atoms with E-state index in [1.54, 1.807) is 6.92 Å². The lowest BCUT2D eigenvalue weighted by Gasteiger charge is -2.36. The minimum atomic E-state index is -3.11. The van der Waals surface area contributed by atoms with Gasteiger partial charge in [0.2, 0.25) is 15.9 Å². The van der Waals surface area contributed by atoms with E-state index < -0.39 is 10.0 Å². The monoisotopic (exact) mass is 289 g/mol. The third-order valence-corrected chi connectivity index (χ3v) is 4.79. The van der Waals surface area contributed by atoms with Gasteiger partial charge in [-0.1, -0.05) is 0 Å². The fourth-order valence-electron chi connectivity index (χ4n) is 3.06. The Bertz CT molecular complexity index is 430. The first-order valence-corrected chi connectivity index (χ1v) is 8.71. The van der Waals surface area contributed by atoms with Crippen molar-refractivity contribution in [3.63, 3.8) is 0 Å². The average Bonchev–Trinajstić information content (AvgIpc) is 2.75.